The Morgan fingerprint density at radius 3 is 2.50 bits per heavy atom. The first-order valence-corrected chi connectivity index (χ1v) is 8.62. The van der Waals surface area contributed by atoms with Crippen molar-refractivity contribution in [2.24, 2.45) is 4.99 Å². The van der Waals surface area contributed by atoms with Crippen LogP contribution in [0.3, 0.4) is 0 Å². The highest BCUT2D eigenvalue weighted by atomic mass is 127. The van der Waals surface area contributed by atoms with E-state index < -0.39 is 0 Å². The van der Waals surface area contributed by atoms with Gasteiger partial charge in [-0.05, 0) is 50.8 Å². The predicted molar refractivity (Wildman–Crippen MR) is 108 cm³/mol. The van der Waals surface area contributed by atoms with E-state index in [4.69, 9.17) is 9.73 Å². The fraction of sp³-hybridized carbons (Fsp3) is 0.611. The quantitative estimate of drug-likeness (QED) is 0.411. The van der Waals surface area contributed by atoms with Gasteiger partial charge >= 0.3 is 0 Å². The first-order valence-electron chi connectivity index (χ1n) is 8.62. The maximum atomic E-state index is 12.9. The molecule has 0 atom stereocenters. The summed E-state index contributed by atoms with van der Waals surface area (Å²) in [6.07, 6.45) is 3.31. The number of aliphatic imine (C=N–C) groups is 1. The van der Waals surface area contributed by atoms with Gasteiger partial charge in [-0.25, -0.2) is 4.39 Å². The Morgan fingerprint density at radius 2 is 1.92 bits per heavy atom. The SMILES string of the molecule is CCNC(=NCCc1ccc(F)cc1)N1CCC(OCC)CC1.I. The third-order valence-corrected chi connectivity index (χ3v) is 4.05. The van der Waals surface area contributed by atoms with Gasteiger partial charge in [-0.1, -0.05) is 12.1 Å². The summed E-state index contributed by atoms with van der Waals surface area (Å²) in [4.78, 5) is 7.03. The minimum Gasteiger partial charge on any atom is -0.378 e. The third kappa shape index (κ3) is 6.93. The second-order valence-electron chi connectivity index (χ2n) is 5.75. The fourth-order valence-corrected chi connectivity index (χ4v) is 2.84. The number of benzene rings is 1. The number of piperidine rings is 1. The molecule has 1 heterocycles. The van der Waals surface area contributed by atoms with Gasteiger partial charge in [0.25, 0.3) is 0 Å². The first kappa shape index (κ1) is 21.2. The summed E-state index contributed by atoms with van der Waals surface area (Å²) in [5, 5.41) is 3.37. The second-order valence-corrected chi connectivity index (χ2v) is 5.75. The van der Waals surface area contributed by atoms with Crippen molar-refractivity contribution in [3.63, 3.8) is 0 Å². The van der Waals surface area contributed by atoms with E-state index in [0.717, 1.165) is 57.0 Å². The zero-order chi connectivity index (χ0) is 16.5. The van der Waals surface area contributed by atoms with E-state index in [1.807, 2.05) is 19.1 Å². The van der Waals surface area contributed by atoms with E-state index in [0.29, 0.717) is 12.6 Å². The highest BCUT2D eigenvalue weighted by Crippen LogP contribution is 2.14. The maximum absolute atomic E-state index is 12.9. The van der Waals surface area contributed by atoms with Gasteiger partial charge in [0.1, 0.15) is 5.82 Å². The summed E-state index contributed by atoms with van der Waals surface area (Å²) in [5.41, 5.74) is 1.11. The number of nitrogens with zero attached hydrogens (tertiary/aromatic N) is 2. The van der Waals surface area contributed by atoms with E-state index in [1.165, 1.54) is 12.1 Å². The molecule has 0 aliphatic carbocycles. The number of ether oxygens (including phenoxy) is 1. The van der Waals surface area contributed by atoms with Gasteiger partial charge in [0.2, 0.25) is 0 Å². The van der Waals surface area contributed by atoms with Crippen molar-refractivity contribution in [3.05, 3.63) is 35.6 Å². The monoisotopic (exact) mass is 449 g/mol. The van der Waals surface area contributed by atoms with Gasteiger partial charge in [-0.2, -0.15) is 0 Å². The minimum absolute atomic E-state index is 0. The highest BCUT2D eigenvalue weighted by Gasteiger charge is 2.21. The van der Waals surface area contributed by atoms with Crippen molar-refractivity contribution in [3.8, 4) is 0 Å². The average Bonchev–Trinajstić information content (AvgIpc) is 2.57. The molecular weight excluding hydrogens is 420 g/mol. The van der Waals surface area contributed by atoms with Crippen LogP contribution in [0.15, 0.2) is 29.3 Å². The number of likely N-dealkylation sites (tertiary alicyclic amines) is 1. The van der Waals surface area contributed by atoms with Crippen LogP contribution in [0.5, 0.6) is 0 Å². The molecule has 136 valence electrons. The standard InChI is InChI=1S/C18H28FN3O.HI/c1-3-20-18(22-13-10-17(11-14-22)23-4-2)21-12-9-15-5-7-16(19)8-6-15;/h5-8,17H,3-4,9-14H2,1-2H3,(H,20,21);1H. The van der Waals surface area contributed by atoms with Crippen molar-refractivity contribution in [1.29, 1.82) is 0 Å². The lowest BCUT2D eigenvalue weighted by molar-refractivity contribution is 0.0264. The molecule has 2 rings (SSSR count). The fourth-order valence-electron chi connectivity index (χ4n) is 2.84. The lowest BCUT2D eigenvalue weighted by Gasteiger charge is -2.34. The van der Waals surface area contributed by atoms with Gasteiger partial charge in [0, 0.05) is 32.8 Å². The molecule has 0 amide bonds. The largest absolute Gasteiger partial charge is 0.378 e. The Balaban J connectivity index is 0.00000288. The van der Waals surface area contributed by atoms with Crippen molar-refractivity contribution in [2.45, 2.75) is 39.2 Å². The zero-order valence-electron chi connectivity index (χ0n) is 14.6. The topological polar surface area (TPSA) is 36.9 Å². The van der Waals surface area contributed by atoms with Crippen LogP contribution in [0.4, 0.5) is 4.39 Å². The number of hydrogen-bond donors (Lipinski definition) is 1. The first-order chi connectivity index (χ1) is 11.2. The lowest BCUT2D eigenvalue weighted by Crippen LogP contribution is -2.47. The van der Waals surface area contributed by atoms with Crippen LogP contribution >= 0.6 is 24.0 Å². The van der Waals surface area contributed by atoms with Crippen LogP contribution < -0.4 is 5.32 Å². The molecule has 1 aliphatic heterocycles. The highest BCUT2D eigenvalue weighted by molar-refractivity contribution is 14.0. The molecule has 0 aromatic heterocycles. The van der Waals surface area contributed by atoms with E-state index >= 15 is 0 Å². The van der Waals surface area contributed by atoms with Gasteiger partial charge in [-0.3, -0.25) is 4.99 Å². The van der Waals surface area contributed by atoms with Gasteiger partial charge in [0.05, 0.1) is 6.10 Å². The predicted octanol–water partition coefficient (Wildman–Crippen LogP) is 3.45. The maximum Gasteiger partial charge on any atom is 0.193 e. The Bertz CT molecular complexity index is 488. The number of nitrogens with one attached hydrogen (secondary N) is 1. The zero-order valence-corrected chi connectivity index (χ0v) is 17.0. The smallest absolute Gasteiger partial charge is 0.193 e. The van der Waals surface area contributed by atoms with E-state index in [9.17, 15) is 4.39 Å². The molecule has 1 saturated heterocycles. The van der Waals surface area contributed by atoms with Gasteiger partial charge in [0.15, 0.2) is 5.96 Å². The molecule has 0 bridgehead atoms. The summed E-state index contributed by atoms with van der Waals surface area (Å²) in [6.45, 7) is 8.45. The Hall–Kier alpha value is -0.890. The molecule has 0 radical (unpaired) electrons. The lowest BCUT2D eigenvalue weighted by atomic mass is 10.1. The molecule has 0 spiro atoms. The molecule has 0 saturated carbocycles. The number of halogens is 2. The molecule has 24 heavy (non-hydrogen) atoms. The Morgan fingerprint density at radius 1 is 1.25 bits per heavy atom. The third-order valence-electron chi connectivity index (χ3n) is 4.05. The van der Waals surface area contributed by atoms with Crippen LogP contribution in [0.25, 0.3) is 0 Å². The Kier molecular flexibility index (Phi) is 10.2. The number of hydrogen-bond acceptors (Lipinski definition) is 2. The van der Waals surface area contributed by atoms with Crippen molar-refractivity contribution < 1.29 is 9.13 Å². The van der Waals surface area contributed by atoms with Crippen molar-refractivity contribution in [2.75, 3.05) is 32.8 Å². The van der Waals surface area contributed by atoms with Crippen LogP contribution in [0, 0.1) is 5.82 Å². The molecule has 1 aromatic rings. The minimum atomic E-state index is -0.192. The number of guanidine groups is 1. The normalized spacial score (nSPS) is 16.0. The van der Waals surface area contributed by atoms with Crippen molar-refractivity contribution in [1.82, 2.24) is 10.2 Å². The van der Waals surface area contributed by atoms with E-state index in [2.05, 4.69) is 17.1 Å². The second kappa shape index (κ2) is 11.6. The molecule has 1 aliphatic rings. The summed E-state index contributed by atoms with van der Waals surface area (Å²) in [5.74, 6) is 0.785. The molecular formula is C18H29FIN3O. The summed E-state index contributed by atoms with van der Waals surface area (Å²) in [6, 6.07) is 6.65. The molecule has 1 fully saturated rings. The molecule has 6 heteroatoms. The van der Waals surface area contributed by atoms with Crippen LogP contribution in [-0.2, 0) is 11.2 Å². The summed E-state index contributed by atoms with van der Waals surface area (Å²) in [7, 11) is 0. The summed E-state index contributed by atoms with van der Waals surface area (Å²) >= 11 is 0. The van der Waals surface area contributed by atoms with Crippen LogP contribution in [0.1, 0.15) is 32.3 Å². The van der Waals surface area contributed by atoms with Gasteiger partial charge < -0.3 is 15.0 Å². The molecule has 1 aromatic carbocycles. The van der Waals surface area contributed by atoms with Crippen LogP contribution in [-0.4, -0.2) is 49.7 Å². The molecule has 4 nitrogen and oxygen atoms in total. The number of rotatable bonds is 6. The van der Waals surface area contributed by atoms with Crippen LogP contribution in [0.2, 0.25) is 0 Å². The van der Waals surface area contributed by atoms with E-state index in [1.54, 1.807) is 0 Å². The van der Waals surface area contributed by atoms with E-state index in [-0.39, 0.29) is 29.8 Å². The Labute approximate surface area is 161 Å². The molecule has 0 unspecified atom stereocenters. The average molecular weight is 449 g/mol. The molecule has 1 N–H and O–H groups in total. The van der Waals surface area contributed by atoms with Gasteiger partial charge in [-0.15, -0.1) is 24.0 Å². The van der Waals surface area contributed by atoms with Crippen molar-refractivity contribution >= 4 is 29.9 Å². The summed E-state index contributed by atoms with van der Waals surface area (Å²) < 4.78 is 18.6.